The Labute approximate surface area is 125 Å². The fourth-order valence-electron chi connectivity index (χ4n) is 2.74. The minimum Gasteiger partial charge on any atom is -0.325 e. The summed E-state index contributed by atoms with van der Waals surface area (Å²) in [6.07, 6.45) is 7.06. The average molecular weight is 313 g/mol. The van der Waals surface area contributed by atoms with Crippen LogP contribution >= 0.6 is 0 Å². The van der Waals surface area contributed by atoms with Gasteiger partial charge in [-0.05, 0) is 25.0 Å². The lowest BCUT2D eigenvalue weighted by Gasteiger charge is -2.19. The average Bonchev–Trinajstić information content (AvgIpc) is 2.37. The number of benzene rings is 1. The number of anilines is 1. The summed E-state index contributed by atoms with van der Waals surface area (Å²) >= 11 is 0. The van der Waals surface area contributed by atoms with Crippen molar-refractivity contribution in [3.05, 3.63) is 24.3 Å². The van der Waals surface area contributed by atoms with E-state index in [-0.39, 0.29) is 17.5 Å². The molecule has 0 aliphatic heterocycles. The molecule has 0 spiro atoms. The first-order chi connectivity index (χ1) is 9.98. The molecule has 0 unspecified atom stereocenters. The maximum atomic E-state index is 13.2. The highest BCUT2D eigenvalue weighted by molar-refractivity contribution is 7.86. The SMILES string of the molecule is O=C(Nc1ccccc1S(=O)(=O)F)C1CCCCCCC1. The summed E-state index contributed by atoms with van der Waals surface area (Å²) in [5.74, 6) is -0.339. The van der Waals surface area contributed by atoms with E-state index >= 15 is 0 Å². The maximum absolute atomic E-state index is 13.2. The molecule has 1 aromatic carbocycles. The molecule has 1 N–H and O–H groups in total. The fraction of sp³-hybridized carbons (Fsp3) is 0.533. The summed E-state index contributed by atoms with van der Waals surface area (Å²) in [4.78, 5) is 11.8. The number of hydrogen-bond acceptors (Lipinski definition) is 3. The van der Waals surface area contributed by atoms with E-state index in [9.17, 15) is 17.1 Å². The number of halogens is 1. The molecule has 0 atom stereocenters. The van der Waals surface area contributed by atoms with Crippen molar-refractivity contribution in [3.8, 4) is 0 Å². The van der Waals surface area contributed by atoms with Crippen molar-refractivity contribution in [1.82, 2.24) is 0 Å². The van der Waals surface area contributed by atoms with E-state index in [4.69, 9.17) is 0 Å². The number of amides is 1. The van der Waals surface area contributed by atoms with Crippen LogP contribution in [-0.4, -0.2) is 14.3 Å². The van der Waals surface area contributed by atoms with Gasteiger partial charge in [0.1, 0.15) is 4.90 Å². The van der Waals surface area contributed by atoms with Crippen molar-refractivity contribution in [2.24, 2.45) is 5.92 Å². The zero-order valence-electron chi connectivity index (χ0n) is 11.8. The first kappa shape index (κ1) is 15.9. The standard InChI is InChI=1S/C15H20FNO3S/c16-21(19,20)14-11-7-6-10-13(14)17-15(18)12-8-4-2-1-3-5-9-12/h6-7,10-12H,1-5,8-9H2,(H,17,18). The first-order valence-corrected chi connectivity index (χ1v) is 8.71. The van der Waals surface area contributed by atoms with E-state index in [0.29, 0.717) is 0 Å². The highest BCUT2D eigenvalue weighted by atomic mass is 32.3. The van der Waals surface area contributed by atoms with Crippen LogP contribution in [0.15, 0.2) is 29.2 Å². The highest BCUT2D eigenvalue weighted by Crippen LogP contribution is 2.26. The zero-order chi connectivity index (χ0) is 15.3. The topological polar surface area (TPSA) is 63.2 Å². The minimum atomic E-state index is -4.84. The lowest BCUT2D eigenvalue weighted by atomic mass is 9.90. The number of hydrogen-bond donors (Lipinski definition) is 1. The molecule has 1 aliphatic carbocycles. The maximum Gasteiger partial charge on any atom is 0.334 e. The van der Waals surface area contributed by atoms with Crippen LogP contribution in [0.25, 0.3) is 0 Å². The Morgan fingerprint density at radius 3 is 2.24 bits per heavy atom. The molecule has 0 saturated heterocycles. The molecule has 1 fully saturated rings. The first-order valence-electron chi connectivity index (χ1n) is 7.33. The number of carbonyl (C=O) groups excluding carboxylic acids is 1. The van der Waals surface area contributed by atoms with Crippen molar-refractivity contribution >= 4 is 21.8 Å². The van der Waals surface area contributed by atoms with Gasteiger partial charge in [0.25, 0.3) is 0 Å². The molecule has 1 aliphatic rings. The molecule has 1 saturated carbocycles. The van der Waals surface area contributed by atoms with Gasteiger partial charge >= 0.3 is 10.2 Å². The lowest BCUT2D eigenvalue weighted by Crippen LogP contribution is -2.24. The fourth-order valence-corrected chi connectivity index (χ4v) is 3.36. The smallest absolute Gasteiger partial charge is 0.325 e. The van der Waals surface area contributed by atoms with Crippen molar-refractivity contribution in [2.45, 2.75) is 49.8 Å². The second-order valence-electron chi connectivity index (χ2n) is 5.47. The largest absolute Gasteiger partial charge is 0.334 e. The quantitative estimate of drug-likeness (QED) is 0.866. The van der Waals surface area contributed by atoms with Crippen molar-refractivity contribution in [2.75, 3.05) is 5.32 Å². The molecule has 1 aromatic rings. The van der Waals surface area contributed by atoms with Gasteiger partial charge in [0.05, 0.1) is 5.69 Å². The van der Waals surface area contributed by atoms with E-state index in [0.717, 1.165) is 44.6 Å². The van der Waals surface area contributed by atoms with Crippen molar-refractivity contribution in [3.63, 3.8) is 0 Å². The zero-order valence-corrected chi connectivity index (χ0v) is 12.7. The molecule has 6 heteroatoms. The van der Waals surface area contributed by atoms with E-state index in [2.05, 4.69) is 5.32 Å². The molecule has 1 amide bonds. The van der Waals surface area contributed by atoms with Gasteiger partial charge in [0.2, 0.25) is 5.91 Å². The molecular weight excluding hydrogens is 293 g/mol. The van der Waals surface area contributed by atoms with Gasteiger partial charge in [-0.25, -0.2) is 0 Å². The van der Waals surface area contributed by atoms with Crippen LogP contribution in [0.4, 0.5) is 9.57 Å². The van der Waals surface area contributed by atoms with Gasteiger partial charge < -0.3 is 5.32 Å². The number of rotatable bonds is 3. The summed E-state index contributed by atoms with van der Waals surface area (Å²) in [6, 6.07) is 5.57. The molecule has 21 heavy (non-hydrogen) atoms. The number of para-hydroxylation sites is 1. The van der Waals surface area contributed by atoms with Crippen LogP contribution in [-0.2, 0) is 15.0 Å². The second-order valence-corrected chi connectivity index (χ2v) is 6.78. The molecule has 116 valence electrons. The van der Waals surface area contributed by atoms with Crippen LogP contribution in [0, 0.1) is 5.92 Å². The van der Waals surface area contributed by atoms with Gasteiger partial charge in [0, 0.05) is 5.92 Å². The Kier molecular flexibility index (Phi) is 5.33. The summed E-state index contributed by atoms with van der Waals surface area (Å²) in [5.41, 5.74) is 0.0204. The van der Waals surface area contributed by atoms with Crippen LogP contribution < -0.4 is 5.32 Å². The predicted molar refractivity (Wildman–Crippen MR) is 79.2 cm³/mol. The second kappa shape index (κ2) is 7.02. The van der Waals surface area contributed by atoms with Crippen LogP contribution in [0.1, 0.15) is 44.9 Å². The third-order valence-corrected chi connectivity index (χ3v) is 4.76. The number of nitrogens with one attached hydrogen (secondary N) is 1. The number of carbonyl (C=O) groups is 1. The van der Waals surface area contributed by atoms with E-state index in [1.54, 1.807) is 6.07 Å². The minimum absolute atomic E-state index is 0.0204. The van der Waals surface area contributed by atoms with Gasteiger partial charge in [0.15, 0.2) is 0 Å². The van der Waals surface area contributed by atoms with Crippen LogP contribution in [0.5, 0.6) is 0 Å². The predicted octanol–water partition coefficient (Wildman–Crippen LogP) is 3.64. The Bertz CT molecular complexity index is 593. The molecule has 0 aromatic heterocycles. The Balaban J connectivity index is 2.12. The van der Waals surface area contributed by atoms with Gasteiger partial charge in [-0.3, -0.25) is 4.79 Å². The summed E-state index contributed by atoms with van der Waals surface area (Å²) in [5, 5.41) is 2.58. The van der Waals surface area contributed by atoms with Gasteiger partial charge in [-0.2, -0.15) is 8.42 Å². The highest BCUT2D eigenvalue weighted by Gasteiger charge is 2.23. The Hall–Kier alpha value is -1.43. The monoisotopic (exact) mass is 313 g/mol. The molecule has 0 bridgehead atoms. The lowest BCUT2D eigenvalue weighted by molar-refractivity contribution is -0.120. The third kappa shape index (κ3) is 4.52. The summed E-state index contributed by atoms with van der Waals surface area (Å²) in [7, 11) is -4.84. The van der Waals surface area contributed by atoms with E-state index < -0.39 is 15.1 Å². The van der Waals surface area contributed by atoms with Crippen LogP contribution in [0.3, 0.4) is 0 Å². The normalized spacial score (nSPS) is 17.8. The van der Waals surface area contributed by atoms with Crippen LogP contribution in [0.2, 0.25) is 0 Å². The van der Waals surface area contributed by atoms with E-state index in [1.165, 1.54) is 18.6 Å². The molecular formula is C15H20FNO3S. The summed E-state index contributed by atoms with van der Waals surface area (Å²) < 4.78 is 35.4. The van der Waals surface area contributed by atoms with Crippen molar-refractivity contribution in [1.29, 1.82) is 0 Å². The van der Waals surface area contributed by atoms with E-state index in [1.807, 2.05) is 0 Å². The molecule has 4 nitrogen and oxygen atoms in total. The summed E-state index contributed by atoms with van der Waals surface area (Å²) in [6.45, 7) is 0. The molecule has 0 radical (unpaired) electrons. The molecule has 2 rings (SSSR count). The third-order valence-electron chi connectivity index (χ3n) is 3.88. The molecule has 0 heterocycles. The van der Waals surface area contributed by atoms with Gasteiger partial charge in [-0.1, -0.05) is 44.2 Å². The Morgan fingerprint density at radius 1 is 1.05 bits per heavy atom. The van der Waals surface area contributed by atoms with Crippen molar-refractivity contribution < 1.29 is 17.1 Å². The Morgan fingerprint density at radius 2 is 1.62 bits per heavy atom. The van der Waals surface area contributed by atoms with Gasteiger partial charge in [-0.15, -0.1) is 3.89 Å².